The molecule has 0 aliphatic carbocycles. The molecule has 2 heteroatoms. The van der Waals surface area contributed by atoms with Crippen molar-refractivity contribution in [2.75, 3.05) is 0 Å². The number of hydrogen-bond donors (Lipinski definition) is 0. The Balaban J connectivity index is 1.78. The van der Waals surface area contributed by atoms with Crippen molar-refractivity contribution < 1.29 is 0 Å². The largest absolute Gasteiger partial charge is 0.248 e. The van der Waals surface area contributed by atoms with Crippen LogP contribution in [0, 0.1) is 0 Å². The van der Waals surface area contributed by atoms with Crippen molar-refractivity contribution >= 4 is 33.3 Å². The summed E-state index contributed by atoms with van der Waals surface area (Å²) in [7, 11) is 0. The van der Waals surface area contributed by atoms with Crippen LogP contribution >= 0.6 is 11.6 Å². The molecule has 0 saturated carbocycles. The number of nitrogens with zero attached hydrogens (tertiary/aromatic N) is 1. The van der Waals surface area contributed by atoms with Gasteiger partial charge in [0.25, 0.3) is 0 Å². The lowest BCUT2D eigenvalue weighted by atomic mass is 9.97. The molecular weight excluding hydrogens is 350 g/mol. The Morgan fingerprint density at radius 3 is 2.22 bits per heavy atom. The summed E-state index contributed by atoms with van der Waals surface area (Å²) in [5.74, 6) is 0. The maximum Gasteiger partial charge on any atom is 0.0716 e. The van der Waals surface area contributed by atoms with Crippen molar-refractivity contribution in [3.8, 4) is 22.4 Å². The van der Waals surface area contributed by atoms with Gasteiger partial charge < -0.3 is 0 Å². The van der Waals surface area contributed by atoms with Crippen LogP contribution in [0.3, 0.4) is 0 Å². The number of fused-ring (bicyclic) bond motifs is 2. The van der Waals surface area contributed by atoms with Crippen LogP contribution in [0.1, 0.15) is 0 Å². The van der Waals surface area contributed by atoms with Gasteiger partial charge in [-0.3, -0.25) is 0 Å². The van der Waals surface area contributed by atoms with E-state index in [1.165, 1.54) is 10.8 Å². The smallest absolute Gasteiger partial charge is 0.0716 e. The maximum absolute atomic E-state index is 6.27. The van der Waals surface area contributed by atoms with Crippen molar-refractivity contribution in [1.29, 1.82) is 0 Å². The highest BCUT2D eigenvalue weighted by Crippen LogP contribution is 2.34. The van der Waals surface area contributed by atoms with Crippen molar-refractivity contribution in [2.45, 2.75) is 0 Å². The Morgan fingerprint density at radius 1 is 0.593 bits per heavy atom. The van der Waals surface area contributed by atoms with Gasteiger partial charge in [-0.15, -0.1) is 0 Å². The van der Waals surface area contributed by atoms with E-state index in [1.54, 1.807) is 0 Å². The lowest BCUT2D eigenvalue weighted by Crippen LogP contribution is -1.90. The molecule has 1 aromatic heterocycles. The fourth-order valence-electron chi connectivity index (χ4n) is 3.55. The zero-order valence-corrected chi connectivity index (χ0v) is 15.3. The molecule has 0 unspecified atom stereocenters. The second-order valence-electron chi connectivity index (χ2n) is 6.64. The van der Waals surface area contributed by atoms with E-state index < -0.39 is 0 Å². The number of benzene rings is 4. The quantitative estimate of drug-likeness (QED) is 0.318. The SMILES string of the molecule is Clc1ccc2nc(-c3ccc4ccccc4c3)cc(-c3ccccc3)c2c1. The fourth-order valence-corrected chi connectivity index (χ4v) is 3.72. The van der Waals surface area contributed by atoms with Gasteiger partial charge in [0.2, 0.25) is 0 Å². The fraction of sp³-hybridized carbons (Fsp3) is 0. The average molecular weight is 366 g/mol. The molecule has 1 heterocycles. The molecule has 4 aromatic carbocycles. The van der Waals surface area contributed by atoms with Crippen molar-refractivity contribution in [3.63, 3.8) is 0 Å². The molecule has 0 bridgehead atoms. The molecule has 0 aliphatic rings. The minimum atomic E-state index is 0.722. The van der Waals surface area contributed by atoms with E-state index >= 15 is 0 Å². The first-order valence-electron chi connectivity index (χ1n) is 8.93. The van der Waals surface area contributed by atoms with Gasteiger partial charge >= 0.3 is 0 Å². The highest BCUT2D eigenvalue weighted by Gasteiger charge is 2.10. The zero-order valence-electron chi connectivity index (χ0n) is 14.6. The molecule has 27 heavy (non-hydrogen) atoms. The lowest BCUT2D eigenvalue weighted by Gasteiger charge is -2.11. The van der Waals surface area contributed by atoms with E-state index in [0.29, 0.717) is 0 Å². The minimum Gasteiger partial charge on any atom is -0.248 e. The average Bonchev–Trinajstić information content (AvgIpc) is 2.73. The third kappa shape index (κ3) is 2.97. The molecule has 0 radical (unpaired) electrons. The van der Waals surface area contributed by atoms with Crippen LogP contribution in [-0.2, 0) is 0 Å². The lowest BCUT2D eigenvalue weighted by molar-refractivity contribution is 1.40. The summed E-state index contributed by atoms with van der Waals surface area (Å²) in [4.78, 5) is 4.92. The molecule has 0 N–H and O–H groups in total. The highest BCUT2D eigenvalue weighted by atomic mass is 35.5. The van der Waals surface area contributed by atoms with E-state index in [1.807, 2.05) is 24.3 Å². The van der Waals surface area contributed by atoms with Gasteiger partial charge in [-0.05, 0) is 52.2 Å². The van der Waals surface area contributed by atoms with E-state index in [2.05, 4.69) is 72.8 Å². The summed E-state index contributed by atoms with van der Waals surface area (Å²) >= 11 is 6.27. The number of hydrogen-bond acceptors (Lipinski definition) is 1. The minimum absolute atomic E-state index is 0.722. The predicted molar refractivity (Wildman–Crippen MR) is 115 cm³/mol. The zero-order chi connectivity index (χ0) is 18.2. The van der Waals surface area contributed by atoms with Crippen LogP contribution in [0.15, 0.2) is 97.1 Å². The van der Waals surface area contributed by atoms with Crippen molar-refractivity contribution in [3.05, 3.63) is 102 Å². The van der Waals surface area contributed by atoms with E-state index in [0.717, 1.165) is 38.3 Å². The monoisotopic (exact) mass is 365 g/mol. The van der Waals surface area contributed by atoms with Crippen LogP contribution < -0.4 is 0 Å². The molecule has 0 amide bonds. The standard InChI is InChI=1S/C25H16ClN/c26-21-12-13-24-23(15-21)22(18-7-2-1-3-8-18)16-25(27-24)20-11-10-17-6-4-5-9-19(17)14-20/h1-16H. The summed E-state index contributed by atoms with van der Waals surface area (Å²) in [6.07, 6.45) is 0. The molecule has 0 fully saturated rings. The van der Waals surface area contributed by atoms with Gasteiger partial charge in [0.1, 0.15) is 0 Å². The number of aromatic nitrogens is 1. The third-order valence-electron chi connectivity index (χ3n) is 4.90. The van der Waals surface area contributed by atoms with Crippen LogP contribution in [-0.4, -0.2) is 4.98 Å². The van der Waals surface area contributed by atoms with Gasteiger partial charge in [-0.25, -0.2) is 4.98 Å². The maximum atomic E-state index is 6.27. The van der Waals surface area contributed by atoms with E-state index in [4.69, 9.17) is 16.6 Å². The molecule has 1 nitrogen and oxygen atoms in total. The van der Waals surface area contributed by atoms with Crippen LogP contribution in [0.25, 0.3) is 44.1 Å². The summed E-state index contributed by atoms with van der Waals surface area (Å²) < 4.78 is 0. The first-order chi connectivity index (χ1) is 13.3. The molecule has 128 valence electrons. The Bertz CT molecular complexity index is 1280. The molecule has 0 atom stereocenters. The molecular formula is C25H16ClN. The summed E-state index contributed by atoms with van der Waals surface area (Å²) in [5.41, 5.74) is 5.33. The highest BCUT2D eigenvalue weighted by molar-refractivity contribution is 6.31. The predicted octanol–water partition coefficient (Wildman–Crippen LogP) is 7.38. The summed E-state index contributed by atoms with van der Waals surface area (Å²) in [6.45, 7) is 0. The first kappa shape index (κ1) is 16.0. The Labute approximate surface area is 162 Å². The summed E-state index contributed by atoms with van der Waals surface area (Å²) in [6, 6.07) is 33.3. The van der Waals surface area contributed by atoms with Gasteiger partial charge in [-0.1, -0.05) is 78.3 Å². The Kier molecular flexibility index (Phi) is 3.88. The van der Waals surface area contributed by atoms with Crippen LogP contribution in [0.2, 0.25) is 5.02 Å². The van der Waals surface area contributed by atoms with Gasteiger partial charge in [0, 0.05) is 16.0 Å². The molecule has 5 rings (SSSR count). The van der Waals surface area contributed by atoms with E-state index in [-0.39, 0.29) is 0 Å². The van der Waals surface area contributed by atoms with E-state index in [9.17, 15) is 0 Å². The molecule has 5 aromatic rings. The second kappa shape index (κ2) is 6.53. The Morgan fingerprint density at radius 2 is 1.37 bits per heavy atom. The van der Waals surface area contributed by atoms with Gasteiger partial charge in [0.15, 0.2) is 0 Å². The number of halogens is 1. The molecule has 0 spiro atoms. The Hall–Kier alpha value is -3.16. The third-order valence-corrected chi connectivity index (χ3v) is 5.14. The summed E-state index contributed by atoms with van der Waals surface area (Å²) in [5, 5.41) is 4.24. The van der Waals surface area contributed by atoms with Crippen LogP contribution in [0.4, 0.5) is 0 Å². The molecule has 0 saturated heterocycles. The second-order valence-corrected chi connectivity index (χ2v) is 7.08. The van der Waals surface area contributed by atoms with Crippen molar-refractivity contribution in [2.24, 2.45) is 0 Å². The van der Waals surface area contributed by atoms with Gasteiger partial charge in [-0.2, -0.15) is 0 Å². The van der Waals surface area contributed by atoms with Gasteiger partial charge in [0.05, 0.1) is 11.2 Å². The number of pyridine rings is 1. The first-order valence-corrected chi connectivity index (χ1v) is 9.31. The molecule has 0 aliphatic heterocycles. The normalized spacial score (nSPS) is 11.1. The number of rotatable bonds is 2. The van der Waals surface area contributed by atoms with Crippen LogP contribution in [0.5, 0.6) is 0 Å². The topological polar surface area (TPSA) is 12.9 Å². The van der Waals surface area contributed by atoms with Crippen molar-refractivity contribution in [1.82, 2.24) is 4.98 Å².